The molecule has 2 fully saturated rings. The van der Waals surface area contributed by atoms with E-state index in [2.05, 4.69) is 10.6 Å². The molecule has 9 heteroatoms. The van der Waals surface area contributed by atoms with Crippen molar-refractivity contribution < 1.29 is 33.7 Å². The number of ether oxygens (including phenoxy) is 3. The van der Waals surface area contributed by atoms with Gasteiger partial charge >= 0.3 is 18.2 Å². The Kier molecular flexibility index (Phi) is 9.22. The fourth-order valence-corrected chi connectivity index (χ4v) is 3.60. The van der Waals surface area contributed by atoms with E-state index in [1.807, 2.05) is 20.8 Å². The number of amides is 2. The third kappa shape index (κ3) is 8.68. The Balaban J connectivity index is 0.000000331. The maximum atomic E-state index is 11.8. The van der Waals surface area contributed by atoms with E-state index in [-0.39, 0.29) is 5.97 Å². The summed E-state index contributed by atoms with van der Waals surface area (Å²) in [6.07, 6.45) is 3.76. The molecule has 3 N–H and O–H groups in total. The van der Waals surface area contributed by atoms with Crippen molar-refractivity contribution in [3.05, 3.63) is 0 Å². The van der Waals surface area contributed by atoms with Gasteiger partial charge in [0.15, 0.2) is 0 Å². The number of alkyl carbamates (subject to hydrolysis) is 2. The molecule has 192 valence electrons. The minimum absolute atomic E-state index is 0.316. The Hall–Kier alpha value is -2.03. The predicted octanol–water partition coefficient (Wildman–Crippen LogP) is 4.20. The fraction of sp³-hybridized carbons (Fsp3) is 0.875. The minimum Gasteiger partial charge on any atom is -0.464 e. The largest absolute Gasteiger partial charge is 0.464 e. The maximum Gasteiger partial charge on any atom is 0.408 e. The van der Waals surface area contributed by atoms with Gasteiger partial charge in [-0.05, 0) is 101 Å². The van der Waals surface area contributed by atoms with Crippen molar-refractivity contribution in [2.75, 3.05) is 6.61 Å². The summed E-state index contributed by atoms with van der Waals surface area (Å²) < 4.78 is 15.3. The SMILES string of the molecule is CC(C)(C)OC(=O)NC1(C(C)(C)O)CCC1.CCOC(=O)C1(NC(=O)OC(C)(C)C)CCC1. The Labute approximate surface area is 198 Å². The number of rotatable bonds is 5. The molecule has 0 aliphatic heterocycles. The quantitative estimate of drug-likeness (QED) is 0.405. The first-order valence-corrected chi connectivity index (χ1v) is 11.8. The van der Waals surface area contributed by atoms with E-state index in [4.69, 9.17) is 14.2 Å². The highest BCUT2D eigenvalue weighted by molar-refractivity contribution is 5.86. The fourth-order valence-electron chi connectivity index (χ4n) is 3.60. The molecule has 2 aliphatic rings. The average Bonchev–Trinajstić information content (AvgIpc) is 2.50. The molecular weight excluding hydrogens is 428 g/mol. The topological polar surface area (TPSA) is 123 Å². The normalized spacial score (nSPS) is 18.8. The summed E-state index contributed by atoms with van der Waals surface area (Å²) in [6.45, 7) is 16.3. The number of hydrogen-bond acceptors (Lipinski definition) is 7. The lowest BCUT2D eigenvalue weighted by Gasteiger charge is -2.50. The van der Waals surface area contributed by atoms with Gasteiger partial charge in [0.25, 0.3) is 0 Å². The van der Waals surface area contributed by atoms with Crippen molar-refractivity contribution in [3.63, 3.8) is 0 Å². The van der Waals surface area contributed by atoms with Crippen molar-refractivity contribution in [3.8, 4) is 0 Å². The van der Waals surface area contributed by atoms with Crippen molar-refractivity contribution in [2.45, 2.75) is 129 Å². The van der Waals surface area contributed by atoms with Gasteiger partial charge < -0.3 is 30.0 Å². The predicted molar refractivity (Wildman–Crippen MR) is 125 cm³/mol. The Morgan fingerprint density at radius 3 is 1.48 bits per heavy atom. The molecule has 33 heavy (non-hydrogen) atoms. The van der Waals surface area contributed by atoms with E-state index in [0.29, 0.717) is 19.4 Å². The van der Waals surface area contributed by atoms with Gasteiger partial charge in [-0.25, -0.2) is 14.4 Å². The smallest absolute Gasteiger partial charge is 0.408 e. The molecular formula is C24H44N2O7. The molecule has 0 aromatic carbocycles. The molecule has 0 spiro atoms. The molecule has 0 aromatic heterocycles. The van der Waals surface area contributed by atoms with Crippen LogP contribution in [0.2, 0.25) is 0 Å². The third-order valence-corrected chi connectivity index (χ3v) is 5.73. The number of hydrogen-bond donors (Lipinski definition) is 3. The summed E-state index contributed by atoms with van der Waals surface area (Å²) in [4.78, 5) is 35.1. The Morgan fingerprint density at radius 2 is 1.21 bits per heavy atom. The summed E-state index contributed by atoms with van der Waals surface area (Å²) >= 11 is 0. The van der Waals surface area contributed by atoms with Gasteiger partial charge in [-0.1, -0.05) is 0 Å². The standard InChI is InChI=1S/C12H21NO4.C12H23NO3/c1-5-16-9(14)12(7-6-8-12)13-10(15)17-11(2,3)4;1-10(2,3)16-9(14)13-12(7-6-8-12)11(4,5)15/h5-8H2,1-4H3,(H,13,15);15H,6-8H2,1-5H3,(H,13,14). The summed E-state index contributed by atoms with van der Waals surface area (Å²) in [5, 5.41) is 15.5. The number of aliphatic hydroxyl groups is 1. The summed E-state index contributed by atoms with van der Waals surface area (Å²) in [6, 6.07) is 0. The zero-order chi connectivity index (χ0) is 25.7. The molecule has 9 nitrogen and oxygen atoms in total. The second-order valence-electron chi connectivity index (χ2n) is 11.4. The van der Waals surface area contributed by atoms with Crippen LogP contribution in [0.1, 0.15) is 101 Å². The molecule has 0 radical (unpaired) electrons. The van der Waals surface area contributed by atoms with Gasteiger partial charge in [-0.15, -0.1) is 0 Å². The van der Waals surface area contributed by atoms with Gasteiger partial charge in [0.05, 0.1) is 17.7 Å². The lowest BCUT2D eigenvalue weighted by atomic mass is 9.67. The molecule has 2 amide bonds. The van der Waals surface area contributed by atoms with E-state index in [0.717, 1.165) is 25.7 Å². The monoisotopic (exact) mass is 472 g/mol. The van der Waals surface area contributed by atoms with E-state index in [1.54, 1.807) is 41.5 Å². The first kappa shape index (κ1) is 29.0. The summed E-state index contributed by atoms with van der Waals surface area (Å²) in [5.74, 6) is -0.364. The van der Waals surface area contributed by atoms with Crippen LogP contribution in [0.5, 0.6) is 0 Å². The average molecular weight is 473 g/mol. The van der Waals surface area contributed by atoms with Gasteiger partial charge in [-0.2, -0.15) is 0 Å². The lowest BCUT2D eigenvalue weighted by molar-refractivity contribution is -0.155. The van der Waals surface area contributed by atoms with Crippen molar-refractivity contribution in [1.82, 2.24) is 10.6 Å². The van der Waals surface area contributed by atoms with Crippen LogP contribution in [0, 0.1) is 0 Å². The molecule has 0 heterocycles. The molecule has 2 rings (SSSR count). The molecule has 0 atom stereocenters. The molecule has 2 saturated carbocycles. The molecule has 2 aliphatic carbocycles. The van der Waals surface area contributed by atoms with E-state index in [9.17, 15) is 19.5 Å². The third-order valence-electron chi connectivity index (χ3n) is 5.73. The lowest BCUT2D eigenvalue weighted by Crippen LogP contribution is -2.66. The molecule has 0 saturated heterocycles. The number of carbonyl (C=O) groups excluding carboxylic acids is 3. The number of nitrogens with one attached hydrogen (secondary N) is 2. The first-order valence-electron chi connectivity index (χ1n) is 11.8. The number of carbonyl (C=O) groups is 3. The van der Waals surface area contributed by atoms with E-state index < -0.39 is 40.1 Å². The summed E-state index contributed by atoms with van der Waals surface area (Å²) in [7, 11) is 0. The maximum absolute atomic E-state index is 11.8. The second kappa shape index (κ2) is 10.5. The molecule has 0 unspecified atom stereocenters. The zero-order valence-corrected chi connectivity index (χ0v) is 21.8. The first-order chi connectivity index (χ1) is 14.8. The molecule has 0 bridgehead atoms. The molecule has 0 aromatic rings. The van der Waals surface area contributed by atoms with Crippen molar-refractivity contribution >= 4 is 18.2 Å². The van der Waals surface area contributed by atoms with Gasteiger partial charge in [0.2, 0.25) is 0 Å². The van der Waals surface area contributed by atoms with Gasteiger partial charge in [-0.3, -0.25) is 0 Å². The second-order valence-corrected chi connectivity index (χ2v) is 11.4. The van der Waals surface area contributed by atoms with E-state index >= 15 is 0 Å². The van der Waals surface area contributed by atoms with Crippen LogP contribution in [0.15, 0.2) is 0 Å². The minimum atomic E-state index is -0.915. The number of esters is 1. The highest BCUT2D eigenvalue weighted by Crippen LogP contribution is 2.40. The Bertz CT molecular complexity index is 691. The van der Waals surface area contributed by atoms with E-state index in [1.165, 1.54) is 0 Å². The highest BCUT2D eigenvalue weighted by atomic mass is 16.6. The van der Waals surface area contributed by atoms with Crippen LogP contribution in [-0.4, -0.2) is 57.8 Å². The van der Waals surface area contributed by atoms with Crippen LogP contribution >= 0.6 is 0 Å². The summed E-state index contributed by atoms with van der Waals surface area (Å²) in [5.41, 5.74) is -3.37. The van der Waals surface area contributed by atoms with Crippen molar-refractivity contribution in [2.24, 2.45) is 0 Å². The van der Waals surface area contributed by atoms with Gasteiger partial charge in [0.1, 0.15) is 16.7 Å². The van der Waals surface area contributed by atoms with Crippen LogP contribution in [0.4, 0.5) is 9.59 Å². The van der Waals surface area contributed by atoms with Crippen LogP contribution < -0.4 is 10.6 Å². The highest BCUT2D eigenvalue weighted by Gasteiger charge is 2.50. The van der Waals surface area contributed by atoms with Crippen LogP contribution in [0.3, 0.4) is 0 Å². The van der Waals surface area contributed by atoms with Crippen LogP contribution in [-0.2, 0) is 19.0 Å². The van der Waals surface area contributed by atoms with Crippen LogP contribution in [0.25, 0.3) is 0 Å². The zero-order valence-electron chi connectivity index (χ0n) is 21.8. The van der Waals surface area contributed by atoms with Crippen molar-refractivity contribution in [1.29, 1.82) is 0 Å². The Morgan fingerprint density at radius 1 is 0.788 bits per heavy atom. The van der Waals surface area contributed by atoms with Gasteiger partial charge in [0, 0.05) is 0 Å².